The minimum absolute atomic E-state index is 0. The lowest BCUT2D eigenvalue weighted by molar-refractivity contribution is 0.122. The molecule has 0 spiro atoms. The molecule has 1 fully saturated rings. The molecule has 8 heteroatoms. The van der Waals surface area contributed by atoms with Crippen LogP contribution in [0.5, 0.6) is 0 Å². The molecule has 1 aromatic rings. The highest BCUT2D eigenvalue weighted by Crippen LogP contribution is 2.24. The number of benzene rings is 1. The minimum atomic E-state index is -3.59. The van der Waals surface area contributed by atoms with Crippen molar-refractivity contribution in [2.45, 2.75) is 30.2 Å². The molecule has 1 atom stereocenters. The second-order valence-corrected chi connectivity index (χ2v) is 7.57. The lowest BCUT2D eigenvalue weighted by Crippen LogP contribution is -2.52. The van der Waals surface area contributed by atoms with E-state index in [1.165, 1.54) is 0 Å². The zero-order chi connectivity index (χ0) is 15.5. The molecule has 1 saturated heterocycles. The van der Waals surface area contributed by atoms with E-state index >= 15 is 0 Å². The van der Waals surface area contributed by atoms with Crippen molar-refractivity contribution in [3.05, 3.63) is 28.8 Å². The third-order valence-electron chi connectivity index (χ3n) is 3.86. The molecule has 1 unspecified atom stereocenters. The summed E-state index contributed by atoms with van der Waals surface area (Å²) in [6.07, 6.45) is 1.90. The molecule has 126 valence electrons. The monoisotopic (exact) mass is 368 g/mol. The number of rotatable bonds is 6. The van der Waals surface area contributed by atoms with Crippen LogP contribution in [0.15, 0.2) is 23.1 Å². The molecule has 0 aliphatic carbocycles. The van der Waals surface area contributed by atoms with E-state index in [4.69, 9.17) is 16.3 Å². The highest BCUT2D eigenvalue weighted by Gasteiger charge is 2.35. The number of hydrogen-bond donors (Lipinski definition) is 2. The van der Waals surface area contributed by atoms with Crippen molar-refractivity contribution in [1.29, 1.82) is 0 Å². The van der Waals surface area contributed by atoms with E-state index in [2.05, 4.69) is 10.0 Å². The number of hydrogen-bond acceptors (Lipinski definition) is 4. The fraction of sp³-hybridized carbons (Fsp3) is 0.571. The van der Waals surface area contributed by atoms with Crippen LogP contribution in [-0.2, 0) is 14.8 Å². The molecule has 22 heavy (non-hydrogen) atoms. The SMILES string of the molecule is COCC1(CNS(=O)(=O)c2cccc(Cl)c2C)CCCN1.Cl. The smallest absolute Gasteiger partial charge is 0.240 e. The topological polar surface area (TPSA) is 67.4 Å². The molecule has 2 N–H and O–H groups in total. The predicted molar refractivity (Wildman–Crippen MR) is 90.5 cm³/mol. The van der Waals surface area contributed by atoms with Gasteiger partial charge < -0.3 is 10.1 Å². The van der Waals surface area contributed by atoms with Gasteiger partial charge in [0.1, 0.15) is 0 Å². The van der Waals surface area contributed by atoms with Crippen LogP contribution in [0.2, 0.25) is 5.02 Å². The molecule has 0 radical (unpaired) electrons. The molecular weight excluding hydrogens is 347 g/mol. The predicted octanol–water partition coefficient (Wildman–Crippen LogP) is 2.12. The normalized spacial score (nSPS) is 21.6. The molecule has 0 amide bonds. The Morgan fingerprint density at radius 3 is 2.77 bits per heavy atom. The first kappa shape index (κ1) is 19.7. The minimum Gasteiger partial charge on any atom is -0.383 e. The second kappa shape index (κ2) is 7.95. The maximum Gasteiger partial charge on any atom is 0.240 e. The van der Waals surface area contributed by atoms with Gasteiger partial charge in [0.25, 0.3) is 0 Å². The first-order valence-corrected chi connectivity index (χ1v) is 8.75. The molecule has 0 aromatic heterocycles. The van der Waals surface area contributed by atoms with Gasteiger partial charge in [-0.1, -0.05) is 17.7 Å². The summed E-state index contributed by atoms with van der Waals surface area (Å²) in [7, 11) is -1.96. The van der Waals surface area contributed by atoms with Crippen LogP contribution in [-0.4, -0.2) is 40.8 Å². The number of sulfonamides is 1. The number of halogens is 2. The summed E-state index contributed by atoms with van der Waals surface area (Å²) in [5.74, 6) is 0. The zero-order valence-corrected chi connectivity index (χ0v) is 15.1. The Hall–Kier alpha value is -0.370. The number of ether oxygens (including phenoxy) is 1. The summed E-state index contributed by atoms with van der Waals surface area (Å²) in [5, 5.41) is 3.79. The summed E-state index contributed by atoms with van der Waals surface area (Å²) >= 11 is 6.00. The van der Waals surface area contributed by atoms with Crippen molar-refractivity contribution in [1.82, 2.24) is 10.0 Å². The van der Waals surface area contributed by atoms with Crippen molar-refractivity contribution in [3.8, 4) is 0 Å². The van der Waals surface area contributed by atoms with Gasteiger partial charge in [0.05, 0.1) is 17.0 Å². The molecule has 5 nitrogen and oxygen atoms in total. The van der Waals surface area contributed by atoms with Crippen LogP contribution in [0.3, 0.4) is 0 Å². The van der Waals surface area contributed by atoms with Crippen LogP contribution in [0, 0.1) is 6.92 Å². The Kier molecular flexibility index (Phi) is 7.11. The Bertz CT molecular complexity index is 602. The molecule has 1 aliphatic rings. The lowest BCUT2D eigenvalue weighted by Gasteiger charge is -2.29. The fourth-order valence-electron chi connectivity index (χ4n) is 2.66. The van der Waals surface area contributed by atoms with E-state index < -0.39 is 10.0 Å². The van der Waals surface area contributed by atoms with Crippen LogP contribution in [0.4, 0.5) is 0 Å². The summed E-state index contributed by atoms with van der Waals surface area (Å²) in [6.45, 7) is 3.36. The van der Waals surface area contributed by atoms with Gasteiger partial charge in [0, 0.05) is 18.7 Å². The molecule has 1 heterocycles. The summed E-state index contributed by atoms with van der Waals surface area (Å²) < 4.78 is 32.8. The molecule has 0 bridgehead atoms. The van der Waals surface area contributed by atoms with Gasteiger partial charge >= 0.3 is 0 Å². The average Bonchev–Trinajstić information content (AvgIpc) is 2.89. The number of nitrogens with one attached hydrogen (secondary N) is 2. The van der Waals surface area contributed by atoms with Gasteiger partial charge in [0.15, 0.2) is 0 Å². The Morgan fingerprint density at radius 1 is 1.45 bits per heavy atom. The van der Waals surface area contributed by atoms with Crippen molar-refractivity contribution >= 4 is 34.0 Å². The highest BCUT2D eigenvalue weighted by molar-refractivity contribution is 7.89. The number of methoxy groups -OCH3 is 1. The highest BCUT2D eigenvalue weighted by atomic mass is 35.5. The summed E-state index contributed by atoms with van der Waals surface area (Å²) in [4.78, 5) is 0.223. The van der Waals surface area contributed by atoms with Crippen LogP contribution < -0.4 is 10.0 Å². The maximum atomic E-state index is 12.5. The quantitative estimate of drug-likeness (QED) is 0.806. The summed E-state index contributed by atoms with van der Waals surface area (Å²) in [6, 6.07) is 4.89. The molecule has 0 saturated carbocycles. The standard InChI is InChI=1S/C14H21ClN2O3S.ClH/c1-11-12(15)5-3-6-13(11)21(18,19)17-9-14(10-20-2)7-4-8-16-14;/h3,5-6,16-17H,4,7-10H2,1-2H3;1H. The molecule has 2 rings (SSSR count). The van der Waals surface area contributed by atoms with Crippen molar-refractivity contribution in [2.24, 2.45) is 0 Å². The van der Waals surface area contributed by atoms with Crippen LogP contribution >= 0.6 is 24.0 Å². The molecule has 1 aliphatic heterocycles. The van der Waals surface area contributed by atoms with Crippen molar-refractivity contribution in [2.75, 3.05) is 26.8 Å². The van der Waals surface area contributed by atoms with E-state index in [0.29, 0.717) is 23.7 Å². The average molecular weight is 369 g/mol. The van der Waals surface area contributed by atoms with Gasteiger partial charge in [-0.25, -0.2) is 13.1 Å². The van der Waals surface area contributed by atoms with Gasteiger partial charge in [-0.3, -0.25) is 0 Å². The maximum absolute atomic E-state index is 12.5. The first-order valence-electron chi connectivity index (χ1n) is 6.89. The van der Waals surface area contributed by atoms with Gasteiger partial charge in [-0.2, -0.15) is 0 Å². The Labute approximate surface area is 143 Å². The third-order valence-corrected chi connectivity index (χ3v) is 5.82. The van der Waals surface area contributed by atoms with Gasteiger partial charge in [-0.15, -0.1) is 12.4 Å². The van der Waals surface area contributed by atoms with Crippen LogP contribution in [0.25, 0.3) is 0 Å². The van der Waals surface area contributed by atoms with Crippen molar-refractivity contribution < 1.29 is 13.2 Å². The van der Waals surface area contributed by atoms with Gasteiger partial charge in [-0.05, 0) is 44.0 Å². The third kappa shape index (κ3) is 4.34. The van der Waals surface area contributed by atoms with E-state index in [1.54, 1.807) is 32.2 Å². The lowest BCUT2D eigenvalue weighted by atomic mass is 9.99. The fourth-order valence-corrected chi connectivity index (χ4v) is 4.28. The molecular formula is C14H22Cl2N2O3S. The van der Waals surface area contributed by atoms with E-state index in [0.717, 1.165) is 19.4 Å². The van der Waals surface area contributed by atoms with E-state index in [9.17, 15) is 8.42 Å². The second-order valence-electron chi connectivity index (χ2n) is 5.43. The Balaban J connectivity index is 0.00000242. The van der Waals surface area contributed by atoms with E-state index in [-0.39, 0.29) is 22.8 Å². The Morgan fingerprint density at radius 2 is 2.18 bits per heavy atom. The zero-order valence-electron chi connectivity index (χ0n) is 12.7. The first-order chi connectivity index (χ1) is 9.90. The summed E-state index contributed by atoms with van der Waals surface area (Å²) in [5.41, 5.74) is 0.237. The van der Waals surface area contributed by atoms with Crippen LogP contribution in [0.1, 0.15) is 18.4 Å². The van der Waals surface area contributed by atoms with Gasteiger partial charge in [0.2, 0.25) is 10.0 Å². The largest absolute Gasteiger partial charge is 0.383 e. The van der Waals surface area contributed by atoms with E-state index in [1.807, 2.05) is 0 Å². The molecule has 1 aromatic carbocycles. The van der Waals surface area contributed by atoms with Crippen molar-refractivity contribution in [3.63, 3.8) is 0 Å².